The quantitative estimate of drug-likeness (QED) is 0.721. The number of benzene rings is 1. The van der Waals surface area contributed by atoms with Crippen LogP contribution in [0.3, 0.4) is 0 Å². The second-order valence-corrected chi connectivity index (χ2v) is 8.56. The minimum absolute atomic E-state index is 0.0489. The Hall–Kier alpha value is -1.84. The highest BCUT2D eigenvalue weighted by atomic mass is 16.2. The topological polar surface area (TPSA) is 40.6 Å². The summed E-state index contributed by atoms with van der Waals surface area (Å²) in [6.07, 6.45) is 7.97. The van der Waals surface area contributed by atoms with Crippen molar-refractivity contribution in [3.8, 4) is 0 Å². The Morgan fingerprint density at radius 1 is 1.04 bits per heavy atom. The third kappa shape index (κ3) is 4.59. The number of hydrogen-bond acceptors (Lipinski definition) is 2. The highest BCUT2D eigenvalue weighted by molar-refractivity contribution is 5.95. The van der Waals surface area contributed by atoms with Crippen molar-refractivity contribution >= 4 is 17.5 Å². The Labute approximate surface area is 170 Å². The molecule has 1 saturated heterocycles. The first-order valence-electron chi connectivity index (χ1n) is 11.2. The smallest absolute Gasteiger partial charge is 0.230 e. The molecule has 1 heterocycles. The van der Waals surface area contributed by atoms with Gasteiger partial charge in [-0.2, -0.15) is 0 Å². The molecule has 3 rings (SSSR count). The molecule has 1 saturated carbocycles. The minimum atomic E-state index is 0.0489. The van der Waals surface area contributed by atoms with Crippen molar-refractivity contribution in [2.75, 3.05) is 18.0 Å². The predicted octanol–water partition coefficient (Wildman–Crippen LogP) is 4.95. The average molecular weight is 385 g/mol. The van der Waals surface area contributed by atoms with Gasteiger partial charge >= 0.3 is 0 Å². The summed E-state index contributed by atoms with van der Waals surface area (Å²) in [4.78, 5) is 30.3. The van der Waals surface area contributed by atoms with E-state index in [2.05, 4.69) is 30.9 Å². The lowest BCUT2D eigenvalue weighted by molar-refractivity contribution is -0.141. The van der Waals surface area contributed by atoms with E-state index in [-0.39, 0.29) is 17.7 Å². The zero-order valence-corrected chi connectivity index (χ0v) is 17.8. The number of nitrogens with zero attached hydrogens (tertiary/aromatic N) is 2. The van der Waals surface area contributed by atoms with Crippen molar-refractivity contribution in [2.45, 2.75) is 78.2 Å². The van der Waals surface area contributed by atoms with Crippen LogP contribution in [-0.4, -0.2) is 35.8 Å². The van der Waals surface area contributed by atoms with Crippen molar-refractivity contribution in [1.82, 2.24) is 4.90 Å². The predicted molar refractivity (Wildman–Crippen MR) is 114 cm³/mol. The normalized spacial score (nSPS) is 25.4. The van der Waals surface area contributed by atoms with E-state index in [9.17, 15) is 9.59 Å². The van der Waals surface area contributed by atoms with Crippen LogP contribution in [0.5, 0.6) is 0 Å². The lowest BCUT2D eigenvalue weighted by Gasteiger charge is -2.39. The van der Waals surface area contributed by atoms with E-state index in [0.29, 0.717) is 18.5 Å². The van der Waals surface area contributed by atoms with E-state index < -0.39 is 0 Å². The molecule has 154 valence electrons. The van der Waals surface area contributed by atoms with Crippen LogP contribution in [0.1, 0.15) is 70.8 Å². The summed E-state index contributed by atoms with van der Waals surface area (Å²) < 4.78 is 0. The number of hydrogen-bond donors (Lipinski definition) is 0. The maximum absolute atomic E-state index is 13.1. The van der Waals surface area contributed by atoms with E-state index in [1.165, 1.54) is 12.0 Å². The molecule has 0 spiro atoms. The summed E-state index contributed by atoms with van der Waals surface area (Å²) in [7, 11) is 0. The molecule has 1 atom stereocenters. The van der Waals surface area contributed by atoms with Crippen molar-refractivity contribution in [2.24, 2.45) is 11.8 Å². The fourth-order valence-corrected chi connectivity index (χ4v) is 5.02. The van der Waals surface area contributed by atoms with Crippen LogP contribution in [-0.2, 0) is 9.59 Å². The minimum Gasteiger partial charge on any atom is -0.339 e. The van der Waals surface area contributed by atoms with Gasteiger partial charge in [0.1, 0.15) is 0 Å². The van der Waals surface area contributed by atoms with Gasteiger partial charge in [0.2, 0.25) is 11.8 Å². The van der Waals surface area contributed by atoms with Gasteiger partial charge in [0.15, 0.2) is 0 Å². The lowest BCUT2D eigenvalue weighted by Crippen LogP contribution is -2.47. The van der Waals surface area contributed by atoms with E-state index in [1.54, 1.807) is 0 Å². The Kier molecular flexibility index (Phi) is 7.14. The molecule has 4 heteroatoms. The molecule has 1 unspecified atom stereocenters. The van der Waals surface area contributed by atoms with Crippen LogP contribution in [0.2, 0.25) is 0 Å². The number of amides is 2. The molecular weight excluding hydrogens is 348 g/mol. The molecule has 28 heavy (non-hydrogen) atoms. The lowest BCUT2D eigenvalue weighted by atomic mass is 9.80. The van der Waals surface area contributed by atoms with E-state index in [4.69, 9.17) is 0 Å². The van der Waals surface area contributed by atoms with Gasteiger partial charge in [0, 0.05) is 36.7 Å². The van der Waals surface area contributed by atoms with Gasteiger partial charge in [0.05, 0.1) is 0 Å². The van der Waals surface area contributed by atoms with E-state index >= 15 is 0 Å². The summed E-state index contributed by atoms with van der Waals surface area (Å²) in [5, 5.41) is 0. The van der Waals surface area contributed by atoms with Crippen LogP contribution in [0, 0.1) is 18.8 Å². The Morgan fingerprint density at radius 2 is 1.75 bits per heavy atom. The SMILES string of the molecule is CCC1CCCCN1C(=O)C1CCC(C(=O)N(CC)c2cccc(C)c2)CC1. The zero-order chi connectivity index (χ0) is 20.1. The van der Waals surface area contributed by atoms with E-state index in [0.717, 1.165) is 57.2 Å². The van der Waals surface area contributed by atoms with Gasteiger partial charge in [-0.25, -0.2) is 0 Å². The van der Waals surface area contributed by atoms with Gasteiger partial charge in [-0.05, 0) is 82.9 Å². The maximum Gasteiger partial charge on any atom is 0.230 e. The number of anilines is 1. The molecule has 1 aliphatic heterocycles. The Balaban J connectivity index is 1.59. The van der Waals surface area contributed by atoms with E-state index in [1.807, 2.05) is 24.0 Å². The van der Waals surface area contributed by atoms with Gasteiger partial charge in [-0.1, -0.05) is 19.1 Å². The van der Waals surface area contributed by atoms with Crippen molar-refractivity contribution in [3.63, 3.8) is 0 Å². The van der Waals surface area contributed by atoms with Gasteiger partial charge in [-0.3, -0.25) is 9.59 Å². The van der Waals surface area contributed by atoms with Crippen LogP contribution in [0.25, 0.3) is 0 Å². The molecule has 1 aromatic rings. The second kappa shape index (κ2) is 9.58. The van der Waals surface area contributed by atoms with Crippen LogP contribution >= 0.6 is 0 Å². The summed E-state index contributed by atoms with van der Waals surface area (Å²) in [6, 6.07) is 8.60. The van der Waals surface area contributed by atoms with Gasteiger partial charge < -0.3 is 9.80 Å². The molecule has 2 amide bonds. The molecule has 2 fully saturated rings. The third-order valence-corrected chi connectivity index (χ3v) is 6.70. The monoisotopic (exact) mass is 384 g/mol. The first kappa shape index (κ1) is 20.9. The fraction of sp³-hybridized carbons (Fsp3) is 0.667. The molecule has 0 aromatic heterocycles. The van der Waals surface area contributed by atoms with Gasteiger partial charge in [0.25, 0.3) is 0 Å². The highest BCUT2D eigenvalue weighted by Gasteiger charge is 2.36. The number of likely N-dealkylation sites (tertiary alicyclic amines) is 1. The molecule has 0 N–H and O–H groups in total. The van der Waals surface area contributed by atoms with Crippen LogP contribution in [0.4, 0.5) is 5.69 Å². The van der Waals surface area contributed by atoms with Crippen molar-refractivity contribution < 1.29 is 9.59 Å². The molecule has 0 bridgehead atoms. The Bertz CT molecular complexity index is 679. The Morgan fingerprint density at radius 3 is 2.39 bits per heavy atom. The number of carbonyl (C=O) groups is 2. The highest BCUT2D eigenvalue weighted by Crippen LogP contribution is 2.34. The van der Waals surface area contributed by atoms with Crippen LogP contribution < -0.4 is 4.90 Å². The summed E-state index contributed by atoms with van der Waals surface area (Å²) in [6.45, 7) is 7.90. The molecule has 4 nitrogen and oxygen atoms in total. The van der Waals surface area contributed by atoms with Crippen molar-refractivity contribution in [3.05, 3.63) is 29.8 Å². The fourth-order valence-electron chi connectivity index (χ4n) is 5.02. The largest absolute Gasteiger partial charge is 0.339 e. The third-order valence-electron chi connectivity index (χ3n) is 6.70. The first-order chi connectivity index (χ1) is 13.5. The average Bonchev–Trinajstić information content (AvgIpc) is 2.74. The number of piperidine rings is 1. The summed E-state index contributed by atoms with van der Waals surface area (Å²) >= 11 is 0. The molecule has 0 radical (unpaired) electrons. The van der Waals surface area contributed by atoms with Gasteiger partial charge in [-0.15, -0.1) is 0 Å². The molecule has 1 aromatic carbocycles. The van der Waals surface area contributed by atoms with Crippen LogP contribution in [0.15, 0.2) is 24.3 Å². The van der Waals surface area contributed by atoms with Crippen molar-refractivity contribution in [1.29, 1.82) is 0 Å². The number of aryl methyl sites for hydroxylation is 1. The zero-order valence-electron chi connectivity index (χ0n) is 17.8. The summed E-state index contributed by atoms with van der Waals surface area (Å²) in [5.41, 5.74) is 2.16. The molecule has 1 aliphatic carbocycles. The second-order valence-electron chi connectivity index (χ2n) is 8.56. The standard InChI is InChI=1S/C24H36N2O2/c1-4-21-10-6-7-16-26(21)24(28)20-14-12-19(13-15-20)23(27)25(5-2)22-11-8-9-18(3)17-22/h8-9,11,17,19-21H,4-7,10,12-16H2,1-3H3. The summed E-state index contributed by atoms with van der Waals surface area (Å²) in [5.74, 6) is 0.741. The maximum atomic E-state index is 13.1. The molecule has 2 aliphatic rings. The number of rotatable bonds is 5. The first-order valence-corrected chi connectivity index (χ1v) is 11.2. The molecular formula is C24H36N2O2. The number of carbonyl (C=O) groups excluding carboxylic acids is 2.